The summed E-state index contributed by atoms with van der Waals surface area (Å²) in [4.78, 5) is 17.1. The van der Waals surface area contributed by atoms with Crippen molar-refractivity contribution in [3.63, 3.8) is 0 Å². The Morgan fingerprint density at radius 3 is 2.67 bits per heavy atom. The summed E-state index contributed by atoms with van der Waals surface area (Å²) in [5.74, 6) is 0.351. The fourth-order valence-electron chi connectivity index (χ4n) is 1.50. The molecular formula is C11H11N3O. The second-order valence-corrected chi connectivity index (χ2v) is 3.33. The van der Waals surface area contributed by atoms with Crippen LogP contribution >= 0.6 is 0 Å². The van der Waals surface area contributed by atoms with Gasteiger partial charge in [-0.1, -0.05) is 24.3 Å². The molecule has 0 saturated heterocycles. The Morgan fingerprint density at radius 2 is 2.00 bits per heavy atom. The number of rotatable bonds is 1. The zero-order chi connectivity index (χ0) is 10.8. The van der Waals surface area contributed by atoms with Crippen molar-refractivity contribution < 1.29 is 0 Å². The third kappa shape index (κ3) is 1.74. The number of benzene rings is 1. The molecule has 1 aromatic carbocycles. The molecule has 0 aliphatic rings. The van der Waals surface area contributed by atoms with E-state index in [-0.39, 0.29) is 0 Å². The van der Waals surface area contributed by atoms with E-state index in [9.17, 15) is 4.79 Å². The van der Waals surface area contributed by atoms with Crippen LogP contribution in [0.15, 0.2) is 35.3 Å². The smallest absolute Gasteiger partial charge is 0.346 e. The van der Waals surface area contributed by atoms with Crippen LogP contribution in [0.4, 0.5) is 5.82 Å². The normalized spacial score (nSPS) is 10.2. The van der Waals surface area contributed by atoms with Gasteiger partial charge in [-0.25, -0.2) is 9.78 Å². The van der Waals surface area contributed by atoms with Crippen molar-refractivity contribution in [2.24, 2.45) is 0 Å². The monoisotopic (exact) mass is 201 g/mol. The lowest BCUT2D eigenvalue weighted by Crippen LogP contribution is -2.12. The third-order valence-corrected chi connectivity index (χ3v) is 2.28. The number of aryl methyl sites for hydroxylation is 1. The summed E-state index contributed by atoms with van der Waals surface area (Å²) in [7, 11) is 0. The molecule has 0 amide bonds. The number of nitrogens with zero attached hydrogens (tertiary/aromatic N) is 1. The van der Waals surface area contributed by atoms with Crippen LogP contribution in [0.5, 0.6) is 0 Å². The van der Waals surface area contributed by atoms with E-state index in [1.54, 1.807) is 0 Å². The van der Waals surface area contributed by atoms with Crippen molar-refractivity contribution >= 4 is 5.82 Å². The van der Waals surface area contributed by atoms with Crippen LogP contribution in [0.25, 0.3) is 11.1 Å². The maximum atomic E-state index is 10.9. The number of aromatic amines is 1. The molecule has 76 valence electrons. The average molecular weight is 201 g/mol. The van der Waals surface area contributed by atoms with E-state index < -0.39 is 5.69 Å². The largest absolute Gasteiger partial charge is 0.385 e. The van der Waals surface area contributed by atoms with Crippen molar-refractivity contribution in [1.29, 1.82) is 0 Å². The number of aromatic nitrogens is 2. The molecule has 0 aliphatic carbocycles. The van der Waals surface area contributed by atoms with Gasteiger partial charge in [0, 0.05) is 11.8 Å². The van der Waals surface area contributed by atoms with Gasteiger partial charge in [0.1, 0.15) is 5.82 Å². The lowest BCUT2D eigenvalue weighted by atomic mass is 10.0. The lowest BCUT2D eigenvalue weighted by molar-refractivity contribution is 1.09. The Bertz CT molecular complexity index is 546. The standard InChI is InChI=1S/C11H11N3O/c1-7-4-2-3-5-8(7)9-6-13-11(15)14-10(9)12/h2-6H,1H3,(H3,12,13,14,15). The van der Waals surface area contributed by atoms with Crippen LogP contribution in [-0.2, 0) is 0 Å². The highest BCUT2D eigenvalue weighted by molar-refractivity contribution is 5.74. The highest BCUT2D eigenvalue weighted by Crippen LogP contribution is 2.25. The molecule has 4 heteroatoms. The summed E-state index contributed by atoms with van der Waals surface area (Å²) in [6, 6.07) is 7.81. The fourth-order valence-corrected chi connectivity index (χ4v) is 1.50. The minimum Gasteiger partial charge on any atom is -0.385 e. The van der Waals surface area contributed by atoms with Gasteiger partial charge in [0.25, 0.3) is 0 Å². The van der Waals surface area contributed by atoms with Crippen molar-refractivity contribution in [1.82, 2.24) is 9.97 Å². The van der Waals surface area contributed by atoms with Gasteiger partial charge in [-0.15, -0.1) is 0 Å². The maximum absolute atomic E-state index is 10.9. The first-order valence-corrected chi connectivity index (χ1v) is 4.59. The second kappa shape index (κ2) is 3.57. The van der Waals surface area contributed by atoms with Gasteiger partial charge in [-0.05, 0) is 18.1 Å². The number of nitrogens with two attached hydrogens (primary N) is 1. The topological polar surface area (TPSA) is 71.8 Å². The molecule has 1 aromatic heterocycles. The van der Waals surface area contributed by atoms with E-state index in [0.717, 1.165) is 16.7 Å². The van der Waals surface area contributed by atoms with Crippen molar-refractivity contribution in [3.05, 3.63) is 46.5 Å². The molecule has 15 heavy (non-hydrogen) atoms. The molecular weight excluding hydrogens is 190 g/mol. The van der Waals surface area contributed by atoms with Crippen LogP contribution in [0.3, 0.4) is 0 Å². The van der Waals surface area contributed by atoms with Crippen LogP contribution in [0.1, 0.15) is 5.56 Å². The van der Waals surface area contributed by atoms with E-state index in [2.05, 4.69) is 9.97 Å². The molecule has 2 rings (SSSR count). The third-order valence-electron chi connectivity index (χ3n) is 2.28. The zero-order valence-electron chi connectivity index (χ0n) is 8.32. The number of hydrogen-bond donors (Lipinski definition) is 2. The van der Waals surface area contributed by atoms with E-state index in [0.29, 0.717) is 5.82 Å². The fraction of sp³-hybridized carbons (Fsp3) is 0.0909. The number of nitrogen functional groups attached to an aromatic ring is 1. The number of hydrogen-bond acceptors (Lipinski definition) is 3. The first-order valence-electron chi connectivity index (χ1n) is 4.59. The highest BCUT2D eigenvalue weighted by Gasteiger charge is 2.05. The Hall–Kier alpha value is -2.10. The molecule has 0 aliphatic heterocycles. The Kier molecular flexibility index (Phi) is 2.25. The molecule has 0 spiro atoms. The average Bonchev–Trinajstić information content (AvgIpc) is 2.20. The Balaban J connectivity index is 2.65. The van der Waals surface area contributed by atoms with E-state index in [4.69, 9.17) is 5.73 Å². The molecule has 2 aromatic rings. The summed E-state index contributed by atoms with van der Waals surface area (Å²) in [6.07, 6.45) is 1.50. The summed E-state index contributed by atoms with van der Waals surface area (Å²) < 4.78 is 0. The molecule has 3 N–H and O–H groups in total. The van der Waals surface area contributed by atoms with Gasteiger partial charge in [-0.3, -0.25) is 4.98 Å². The lowest BCUT2D eigenvalue weighted by Gasteiger charge is -2.06. The Morgan fingerprint density at radius 1 is 1.27 bits per heavy atom. The van der Waals surface area contributed by atoms with Crippen molar-refractivity contribution in [2.45, 2.75) is 6.92 Å². The second-order valence-electron chi connectivity index (χ2n) is 3.33. The molecule has 4 nitrogen and oxygen atoms in total. The number of H-pyrrole nitrogens is 1. The minimum atomic E-state index is -0.426. The van der Waals surface area contributed by atoms with Crippen molar-refractivity contribution in [3.8, 4) is 11.1 Å². The van der Waals surface area contributed by atoms with Crippen molar-refractivity contribution in [2.75, 3.05) is 5.73 Å². The number of anilines is 1. The molecule has 1 heterocycles. The molecule has 0 unspecified atom stereocenters. The molecule has 0 bridgehead atoms. The minimum absolute atomic E-state index is 0.351. The van der Waals surface area contributed by atoms with Gasteiger partial charge >= 0.3 is 5.69 Å². The quantitative estimate of drug-likeness (QED) is 0.731. The summed E-state index contributed by atoms with van der Waals surface area (Å²) in [5.41, 5.74) is 8.14. The zero-order valence-corrected chi connectivity index (χ0v) is 8.32. The van der Waals surface area contributed by atoms with Gasteiger partial charge in [0.2, 0.25) is 0 Å². The maximum Gasteiger partial charge on any atom is 0.346 e. The summed E-state index contributed by atoms with van der Waals surface area (Å²) in [6.45, 7) is 1.99. The van der Waals surface area contributed by atoms with Gasteiger partial charge in [-0.2, -0.15) is 0 Å². The predicted molar refractivity (Wildman–Crippen MR) is 59.4 cm³/mol. The first-order chi connectivity index (χ1) is 7.18. The van der Waals surface area contributed by atoms with Crippen LogP contribution in [0, 0.1) is 6.92 Å². The number of nitrogens with one attached hydrogen (secondary N) is 1. The van der Waals surface area contributed by atoms with Crippen LogP contribution < -0.4 is 11.4 Å². The molecule has 0 radical (unpaired) electrons. The Labute approximate surface area is 86.8 Å². The van der Waals surface area contributed by atoms with E-state index in [1.807, 2.05) is 31.2 Å². The van der Waals surface area contributed by atoms with Crippen LogP contribution in [-0.4, -0.2) is 9.97 Å². The van der Waals surface area contributed by atoms with Gasteiger partial charge in [0.15, 0.2) is 0 Å². The molecule has 0 saturated carbocycles. The van der Waals surface area contributed by atoms with E-state index >= 15 is 0 Å². The van der Waals surface area contributed by atoms with E-state index in [1.165, 1.54) is 6.20 Å². The van der Waals surface area contributed by atoms with Gasteiger partial charge in [0.05, 0.1) is 0 Å². The summed E-state index contributed by atoms with van der Waals surface area (Å²) >= 11 is 0. The van der Waals surface area contributed by atoms with Crippen LogP contribution in [0.2, 0.25) is 0 Å². The SMILES string of the molecule is Cc1ccccc1-c1cnc(=O)[nH]c1N. The summed E-state index contributed by atoms with van der Waals surface area (Å²) in [5, 5.41) is 0. The van der Waals surface area contributed by atoms with Gasteiger partial charge < -0.3 is 5.73 Å². The molecule has 0 fully saturated rings. The molecule has 0 atom stereocenters. The highest BCUT2D eigenvalue weighted by atomic mass is 16.1. The predicted octanol–water partition coefficient (Wildman–Crippen LogP) is 1.33. The first kappa shape index (κ1) is 9.45.